The maximum absolute atomic E-state index is 15.4. The number of aromatic nitrogens is 1. The van der Waals surface area contributed by atoms with E-state index in [1.54, 1.807) is 27.7 Å². The minimum Gasteiger partial charge on any atom is -0.318 e. The Bertz CT molecular complexity index is 1640. The van der Waals surface area contributed by atoms with E-state index in [1.807, 2.05) is 0 Å². The van der Waals surface area contributed by atoms with Crippen molar-refractivity contribution in [2.24, 2.45) is 7.05 Å². The minimum absolute atomic E-state index is 0.0149. The molecule has 1 aromatic heterocycles. The summed E-state index contributed by atoms with van der Waals surface area (Å²) in [6, 6.07) is 5.59. The van der Waals surface area contributed by atoms with E-state index in [0.717, 1.165) is 30.3 Å². The molecule has 2 aromatic carbocycles. The van der Waals surface area contributed by atoms with E-state index in [4.69, 9.17) is 0 Å². The van der Waals surface area contributed by atoms with Gasteiger partial charge in [0.05, 0.1) is 25.5 Å². The van der Waals surface area contributed by atoms with Gasteiger partial charge in [-0.1, -0.05) is 0 Å². The van der Waals surface area contributed by atoms with Crippen molar-refractivity contribution >= 4 is 32.1 Å². The highest BCUT2D eigenvalue weighted by atomic mass is 32.2. The minimum atomic E-state index is -4.44. The molecule has 0 aliphatic rings. The molecule has 0 spiro atoms. The first-order valence-corrected chi connectivity index (χ1v) is 15.8. The van der Waals surface area contributed by atoms with Gasteiger partial charge in [-0.2, -0.15) is 0 Å². The summed E-state index contributed by atoms with van der Waals surface area (Å²) in [6.45, 7) is 8.34. The van der Waals surface area contributed by atoms with Crippen LogP contribution in [0.1, 0.15) is 57.8 Å². The van der Waals surface area contributed by atoms with Crippen molar-refractivity contribution < 1.29 is 30.2 Å². The first-order valence-electron chi connectivity index (χ1n) is 12.0. The number of nitrogens with zero attached hydrogens (tertiary/aromatic N) is 1. The number of benzene rings is 2. The molecule has 0 fully saturated rings. The van der Waals surface area contributed by atoms with E-state index >= 15 is 4.39 Å². The van der Waals surface area contributed by atoms with Crippen LogP contribution in [0.25, 0.3) is 11.1 Å². The molecule has 0 aliphatic heterocycles. The number of sulfone groups is 1. The number of rotatable bonds is 9. The maximum atomic E-state index is 15.4. The Hall–Kier alpha value is -2.62. The van der Waals surface area contributed by atoms with E-state index in [2.05, 4.69) is 9.44 Å². The standard InChI is InChI=1S/C26H31F2N3O6S3/c1-15(29-38(33)26(3,4)5)19-12-25(32)31(6)14-22(19)21-11-20(16(2)30-39(34)35)23(28)13-24(21)40(36,37)18-9-7-17(27)8-10-18/h7-16,29-30H,1-6H3,(H,34,35)/t15-,16?,38?/m0/s1. The van der Waals surface area contributed by atoms with Crippen molar-refractivity contribution in [3.63, 3.8) is 0 Å². The van der Waals surface area contributed by atoms with Gasteiger partial charge in [-0.05, 0) is 76.6 Å². The SMILES string of the molecule is CC(NS(=O)O)c1cc(-c2cn(C)c(=O)cc2[C@H](C)NS(=O)C(C)(C)C)c(S(=O)(=O)c2ccc(F)cc2)cc1F. The number of nitrogens with one attached hydrogen (secondary N) is 2. The van der Waals surface area contributed by atoms with Crippen LogP contribution in [0.3, 0.4) is 0 Å². The molecule has 0 radical (unpaired) electrons. The zero-order chi connectivity index (χ0) is 30.2. The average molecular weight is 616 g/mol. The summed E-state index contributed by atoms with van der Waals surface area (Å²) in [5, 5.41) is 0. The average Bonchev–Trinajstić information content (AvgIpc) is 2.84. The highest BCUT2D eigenvalue weighted by Crippen LogP contribution is 2.38. The summed E-state index contributed by atoms with van der Waals surface area (Å²) >= 11 is -2.50. The zero-order valence-electron chi connectivity index (χ0n) is 22.7. The van der Waals surface area contributed by atoms with E-state index in [-0.39, 0.29) is 21.6 Å². The molecule has 14 heteroatoms. The first-order chi connectivity index (χ1) is 18.4. The van der Waals surface area contributed by atoms with Crippen molar-refractivity contribution in [3.05, 3.63) is 81.8 Å². The molecule has 0 saturated carbocycles. The number of hydrogen-bond acceptors (Lipinski definition) is 5. The van der Waals surface area contributed by atoms with Gasteiger partial charge < -0.3 is 4.57 Å². The largest absolute Gasteiger partial charge is 0.318 e. The number of pyridine rings is 1. The molecule has 4 atom stereocenters. The second-order valence-corrected chi connectivity index (χ2v) is 14.9. The molecule has 3 rings (SSSR count). The second-order valence-electron chi connectivity index (χ2n) is 10.2. The molecule has 0 saturated heterocycles. The Morgan fingerprint density at radius 1 is 0.925 bits per heavy atom. The lowest BCUT2D eigenvalue weighted by Gasteiger charge is -2.25. The van der Waals surface area contributed by atoms with Crippen LogP contribution >= 0.6 is 0 Å². The summed E-state index contributed by atoms with van der Waals surface area (Å²) < 4.78 is 95.8. The van der Waals surface area contributed by atoms with Gasteiger partial charge >= 0.3 is 0 Å². The number of aryl methyl sites for hydroxylation is 1. The van der Waals surface area contributed by atoms with Gasteiger partial charge in [-0.15, -0.1) is 0 Å². The molecule has 1 heterocycles. The topological polar surface area (TPSA) is 135 Å². The third kappa shape index (κ3) is 6.98. The number of hydrogen-bond donors (Lipinski definition) is 3. The van der Waals surface area contributed by atoms with Crippen LogP contribution in [-0.4, -0.2) is 30.7 Å². The maximum Gasteiger partial charge on any atom is 0.250 e. The summed E-state index contributed by atoms with van der Waals surface area (Å²) in [5.41, 5.74) is -0.0506. The number of halogens is 2. The van der Waals surface area contributed by atoms with Crippen molar-refractivity contribution in [2.45, 2.75) is 61.2 Å². The third-order valence-electron chi connectivity index (χ3n) is 6.11. The summed E-state index contributed by atoms with van der Waals surface area (Å²) in [6.07, 6.45) is 1.39. The summed E-state index contributed by atoms with van der Waals surface area (Å²) in [7, 11) is -4.55. The van der Waals surface area contributed by atoms with Crippen LogP contribution in [0.2, 0.25) is 0 Å². The van der Waals surface area contributed by atoms with E-state index in [9.17, 15) is 30.6 Å². The molecular formula is C26H31F2N3O6S3. The lowest BCUT2D eigenvalue weighted by atomic mass is 9.95. The Labute approximate surface area is 236 Å². The highest BCUT2D eigenvalue weighted by molar-refractivity contribution is 7.91. The molecule has 218 valence electrons. The Morgan fingerprint density at radius 3 is 2.05 bits per heavy atom. The van der Waals surface area contributed by atoms with Crippen molar-refractivity contribution in [2.75, 3.05) is 0 Å². The lowest BCUT2D eigenvalue weighted by Crippen LogP contribution is -2.35. The molecule has 3 unspecified atom stereocenters. The zero-order valence-corrected chi connectivity index (χ0v) is 25.1. The van der Waals surface area contributed by atoms with Gasteiger partial charge in [0.15, 0.2) is 0 Å². The lowest BCUT2D eigenvalue weighted by molar-refractivity contribution is 0.525. The second kappa shape index (κ2) is 12.1. The van der Waals surface area contributed by atoms with E-state index in [0.29, 0.717) is 5.56 Å². The highest BCUT2D eigenvalue weighted by Gasteiger charge is 2.29. The summed E-state index contributed by atoms with van der Waals surface area (Å²) in [5.74, 6) is -1.63. The van der Waals surface area contributed by atoms with Crippen molar-refractivity contribution in [3.8, 4) is 11.1 Å². The fraction of sp³-hybridized carbons (Fsp3) is 0.346. The van der Waals surface area contributed by atoms with E-state index < -0.39 is 71.0 Å². The van der Waals surface area contributed by atoms with Crippen LogP contribution in [0.4, 0.5) is 8.78 Å². The van der Waals surface area contributed by atoms with Gasteiger partial charge in [0.1, 0.15) is 11.6 Å². The predicted octanol–water partition coefficient (Wildman–Crippen LogP) is 4.06. The van der Waals surface area contributed by atoms with Crippen LogP contribution < -0.4 is 15.0 Å². The van der Waals surface area contributed by atoms with Gasteiger partial charge in [-0.3, -0.25) is 9.35 Å². The Morgan fingerprint density at radius 2 is 1.50 bits per heavy atom. The molecule has 3 N–H and O–H groups in total. The Kier molecular flexibility index (Phi) is 9.64. The predicted molar refractivity (Wildman–Crippen MR) is 151 cm³/mol. The normalized spacial score (nSPS) is 15.4. The van der Waals surface area contributed by atoms with Crippen LogP contribution in [0.5, 0.6) is 0 Å². The molecular weight excluding hydrogens is 584 g/mol. The van der Waals surface area contributed by atoms with Gasteiger partial charge in [-0.25, -0.2) is 35.1 Å². The fourth-order valence-corrected chi connectivity index (χ4v) is 6.62. The van der Waals surface area contributed by atoms with Gasteiger partial charge in [0.2, 0.25) is 21.1 Å². The van der Waals surface area contributed by atoms with Crippen LogP contribution in [0, 0.1) is 11.6 Å². The van der Waals surface area contributed by atoms with Crippen LogP contribution in [-0.2, 0) is 39.1 Å². The molecule has 0 aliphatic carbocycles. The summed E-state index contributed by atoms with van der Waals surface area (Å²) in [4.78, 5) is 11.9. The van der Waals surface area contributed by atoms with Gasteiger partial charge in [0, 0.05) is 48.1 Å². The smallest absolute Gasteiger partial charge is 0.250 e. The third-order valence-corrected chi connectivity index (χ3v) is 10.2. The van der Waals surface area contributed by atoms with E-state index in [1.165, 1.54) is 36.9 Å². The quantitative estimate of drug-likeness (QED) is 0.246. The monoisotopic (exact) mass is 615 g/mol. The Balaban J connectivity index is 2.38. The fourth-order valence-electron chi connectivity index (χ4n) is 3.92. The van der Waals surface area contributed by atoms with Crippen LogP contribution in [0.15, 0.2) is 63.2 Å². The van der Waals surface area contributed by atoms with Gasteiger partial charge in [0.25, 0.3) is 5.56 Å². The van der Waals surface area contributed by atoms with Crippen molar-refractivity contribution in [1.29, 1.82) is 0 Å². The molecule has 9 nitrogen and oxygen atoms in total. The molecule has 40 heavy (non-hydrogen) atoms. The van der Waals surface area contributed by atoms with Crippen molar-refractivity contribution in [1.82, 2.24) is 14.0 Å². The molecule has 3 aromatic rings. The molecule has 0 amide bonds. The first kappa shape index (κ1) is 31.9. The molecule has 0 bridgehead atoms.